The van der Waals surface area contributed by atoms with Gasteiger partial charge in [-0.1, -0.05) is 11.3 Å². The van der Waals surface area contributed by atoms with Crippen molar-refractivity contribution >= 4 is 39.9 Å². The number of methoxy groups -OCH3 is 1. The van der Waals surface area contributed by atoms with Gasteiger partial charge in [-0.15, -0.1) is 0 Å². The zero-order chi connectivity index (χ0) is 24.9. The Morgan fingerprint density at radius 1 is 1.22 bits per heavy atom. The van der Waals surface area contributed by atoms with Gasteiger partial charge < -0.3 is 25.2 Å². The van der Waals surface area contributed by atoms with E-state index in [0.717, 1.165) is 65.9 Å². The summed E-state index contributed by atoms with van der Waals surface area (Å²) in [5, 5.41) is 17.1. The van der Waals surface area contributed by atoms with Crippen LogP contribution in [0.25, 0.3) is 10.6 Å². The molecule has 11 heteroatoms. The first-order valence-corrected chi connectivity index (χ1v) is 13.0. The Kier molecular flexibility index (Phi) is 7.59. The number of carboxylic acid groups (broad SMARTS) is 1. The van der Waals surface area contributed by atoms with E-state index in [-0.39, 0.29) is 12.6 Å². The van der Waals surface area contributed by atoms with E-state index in [2.05, 4.69) is 15.6 Å². The second-order valence-electron chi connectivity index (χ2n) is 8.89. The molecule has 1 atom stereocenters. The molecule has 10 nitrogen and oxygen atoms in total. The number of rotatable bonds is 11. The highest BCUT2D eigenvalue weighted by atomic mass is 32.1. The predicted octanol–water partition coefficient (Wildman–Crippen LogP) is 4.94. The van der Waals surface area contributed by atoms with Gasteiger partial charge in [0.05, 0.1) is 35.5 Å². The fourth-order valence-corrected chi connectivity index (χ4v) is 5.18. The van der Waals surface area contributed by atoms with Gasteiger partial charge in [-0.3, -0.25) is 4.90 Å². The number of hydrogen-bond donors (Lipinski definition) is 3. The van der Waals surface area contributed by atoms with Crippen LogP contribution in [0.2, 0.25) is 0 Å². The number of carbonyl (C=O) groups is 1. The molecule has 1 aromatic carbocycles. The van der Waals surface area contributed by atoms with Gasteiger partial charge in [0, 0.05) is 43.8 Å². The molecule has 1 saturated heterocycles. The zero-order valence-electron chi connectivity index (χ0n) is 20.1. The van der Waals surface area contributed by atoms with Gasteiger partial charge in [0.1, 0.15) is 0 Å². The van der Waals surface area contributed by atoms with E-state index in [0.29, 0.717) is 24.2 Å². The first kappa shape index (κ1) is 24.4. The summed E-state index contributed by atoms with van der Waals surface area (Å²) in [5.74, 6) is 0.961. The van der Waals surface area contributed by atoms with E-state index in [1.807, 2.05) is 18.2 Å². The molecule has 3 N–H and O–H groups in total. The second-order valence-corrected chi connectivity index (χ2v) is 9.89. The lowest BCUT2D eigenvalue weighted by atomic mass is 10.2. The normalized spacial score (nSPS) is 17.2. The molecule has 1 unspecified atom stereocenters. The first-order chi connectivity index (χ1) is 17.6. The molecule has 2 fully saturated rings. The van der Waals surface area contributed by atoms with Gasteiger partial charge in [-0.25, -0.2) is 19.7 Å². The van der Waals surface area contributed by atoms with Gasteiger partial charge in [-0.05, 0) is 56.0 Å². The lowest BCUT2D eigenvalue weighted by Gasteiger charge is -2.19. The van der Waals surface area contributed by atoms with E-state index < -0.39 is 6.09 Å². The molecule has 1 aliphatic heterocycles. The monoisotopic (exact) mass is 510 g/mol. The Balaban J connectivity index is 1.30. The lowest BCUT2D eigenvalue weighted by Crippen LogP contribution is -2.32. The predicted molar refractivity (Wildman–Crippen MR) is 140 cm³/mol. The summed E-state index contributed by atoms with van der Waals surface area (Å²) < 4.78 is 10.7. The Hall–Kier alpha value is -3.28. The van der Waals surface area contributed by atoms with Crippen molar-refractivity contribution in [1.29, 1.82) is 0 Å². The third-order valence-corrected chi connectivity index (χ3v) is 7.25. The van der Waals surface area contributed by atoms with E-state index in [9.17, 15) is 9.90 Å². The van der Waals surface area contributed by atoms with Gasteiger partial charge in [0.2, 0.25) is 5.95 Å². The van der Waals surface area contributed by atoms with Crippen molar-refractivity contribution in [1.82, 2.24) is 15.0 Å². The van der Waals surface area contributed by atoms with E-state index >= 15 is 0 Å². The number of thiazole rings is 1. The number of nitrogens with zero attached hydrogens (tertiary/aromatic N) is 4. The van der Waals surface area contributed by atoms with Crippen molar-refractivity contribution in [3.05, 3.63) is 42.2 Å². The number of benzene rings is 1. The van der Waals surface area contributed by atoms with E-state index in [1.54, 1.807) is 36.8 Å². The highest BCUT2D eigenvalue weighted by Gasteiger charge is 2.31. The molecule has 2 aromatic heterocycles. The van der Waals surface area contributed by atoms with Crippen molar-refractivity contribution in [3.63, 3.8) is 0 Å². The van der Waals surface area contributed by atoms with Crippen molar-refractivity contribution in [3.8, 4) is 10.6 Å². The number of amides is 1. The average Bonchev–Trinajstić information content (AvgIpc) is 3.42. The summed E-state index contributed by atoms with van der Waals surface area (Å²) in [6.07, 6.45) is 5.49. The van der Waals surface area contributed by atoms with Gasteiger partial charge in [-0.2, -0.15) is 0 Å². The van der Waals surface area contributed by atoms with Crippen LogP contribution >= 0.6 is 11.3 Å². The quantitative estimate of drug-likeness (QED) is 0.329. The summed E-state index contributed by atoms with van der Waals surface area (Å²) in [6.45, 7) is 2.19. The van der Waals surface area contributed by atoms with Gasteiger partial charge in [0.15, 0.2) is 5.13 Å². The Labute approximate surface area is 213 Å². The van der Waals surface area contributed by atoms with Crippen LogP contribution in [0.3, 0.4) is 0 Å². The van der Waals surface area contributed by atoms with Crippen LogP contribution in [0, 0.1) is 0 Å². The number of aromatic nitrogens is 3. The average molecular weight is 511 g/mol. The third kappa shape index (κ3) is 5.92. The standard InChI is InChI=1S/C25H30N6O4S/c1-34-14-12-31(25(32)33)18-8-6-17(7-9-18)28-23-26-11-10-20(29-23)22-21(16-4-5-16)30-24(36-22)27-15-19-3-2-13-35-19/h6-11,16,19H,2-5,12-15H2,1H3,(H,27,30)(H,32,33)(H,26,28,29). The largest absolute Gasteiger partial charge is 0.465 e. The molecule has 36 heavy (non-hydrogen) atoms. The van der Waals surface area contributed by atoms with Crippen LogP contribution in [0.15, 0.2) is 36.5 Å². The van der Waals surface area contributed by atoms with Crippen LogP contribution in [0.4, 0.5) is 27.2 Å². The summed E-state index contributed by atoms with van der Waals surface area (Å²) >= 11 is 1.63. The third-order valence-electron chi connectivity index (χ3n) is 6.20. The molecule has 2 aliphatic rings. The highest BCUT2D eigenvalue weighted by molar-refractivity contribution is 7.19. The summed E-state index contributed by atoms with van der Waals surface area (Å²) in [5.41, 5.74) is 3.28. The molecule has 0 spiro atoms. The molecule has 0 bridgehead atoms. The molecular formula is C25H30N6O4S. The maximum atomic E-state index is 11.6. The molecule has 5 rings (SSSR count). The van der Waals surface area contributed by atoms with E-state index in [1.165, 1.54) is 4.90 Å². The fraction of sp³-hybridized carbons (Fsp3) is 0.440. The number of anilines is 4. The van der Waals surface area contributed by atoms with Crippen LogP contribution in [-0.2, 0) is 9.47 Å². The second kappa shape index (κ2) is 11.2. The van der Waals surface area contributed by atoms with E-state index in [4.69, 9.17) is 19.4 Å². The molecular weight excluding hydrogens is 480 g/mol. The van der Waals surface area contributed by atoms with Crippen LogP contribution in [0.1, 0.15) is 37.3 Å². The molecule has 1 saturated carbocycles. The minimum Gasteiger partial charge on any atom is -0.465 e. The molecule has 1 aliphatic carbocycles. The molecule has 190 valence electrons. The van der Waals surface area contributed by atoms with Crippen molar-refractivity contribution < 1.29 is 19.4 Å². The van der Waals surface area contributed by atoms with Crippen molar-refractivity contribution in [2.45, 2.75) is 37.7 Å². The lowest BCUT2D eigenvalue weighted by molar-refractivity contribution is 0.120. The SMILES string of the molecule is COCCN(C(=O)O)c1ccc(Nc2nccc(-c3sc(NCC4CCCO4)nc3C3CC3)n2)cc1. The summed E-state index contributed by atoms with van der Waals surface area (Å²) in [7, 11) is 1.55. The highest BCUT2D eigenvalue weighted by Crippen LogP contribution is 2.47. The minimum atomic E-state index is -1.02. The number of hydrogen-bond acceptors (Lipinski definition) is 9. The first-order valence-electron chi connectivity index (χ1n) is 12.2. The van der Waals surface area contributed by atoms with Crippen molar-refractivity contribution in [2.75, 3.05) is 48.9 Å². The topological polar surface area (TPSA) is 122 Å². The number of nitrogens with one attached hydrogen (secondary N) is 2. The maximum Gasteiger partial charge on any atom is 0.411 e. The molecule has 3 aromatic rings. The Bertz CT molecular complexity index is 1180. The van der Waals surface area contributed by atoms with Gasteiger partial charge >= 0.3 is 6.09 Å². The minimum absolute atomic E-state index is 0.255. The zero-order valence-corrected chi connectivity index (χ0v) is 21.0. The Morgan fingerprint density at radius 2 is 2.06 bits per heavy atom. The molecule has 0 radical (unpaired) electrons. The van der Waals surface area contributed by atoms with Crippen LogP contribution in [0.5, 0.6) is 0 Å². The van der Waals surface area contributed by atoms with Gasteiger partial charge in [0.25, 0.3) is 0 Å². The molecule has 1 amide bonds. The summed E-state index contributed by atoms with van der Waals surface area (Å²) in [4.78, 5) is 27.9. The van der Waals surface area contributed by atoms with Crippen LogP contribution < -0.4 is 15.5 Å². The van der Waals surface area contributed by atoms with Crippen molar-refractivity contribution in [2.24, 2.45) is 0 Å². The number of ether oxygens (including phenoxy) is 2. The summed E-state index contributed by atoms with van der Waals surface area (Å²) in [6, 6.07) is 9.03. The Morgan fingerprint density at radius 3 is 2.75 bits per heavy atom. The maximum absolute atomic E-state index is 11.6. The smallest absolute Gasteiger partial charge is 0.411 e. The van der Waals surface area contributed by atoms with Crippen LogP contribution in [-0.4, -0.2) is 65.7 Å². The fourth-order valence-electron chi connectivity index (χ4n) is 4.15. The molecule has 3 heterocycles.